The molecule has 0 bridgehead atoms. The van der Waals surface area contributed by atoms with Crippen LogP contribution in [-0.2, 0) is 0 Å². The summed E-state index contributed by atoms with van der Waals surface area (Å²) in [5.41, 5.74) is 3.98. The number of nitrogens with zero attached hydrogens (tertiary/aromatic N) is 4. The summed E-state index contributed by atoms with van der Waals surface area (Å²) in [6.45, 7) is 8.68. The van der Waals surface area contributed by atoms with E-state index >= 15 is 0 Å². The zero-order valence-electron chi connectivity index (χ0n) is 15.3. The molecule has 0 radical (unpaired) electrons. The van der Waals surface area contributed by atoms with Crippen LogP contribution in [0.25, 0.3) is 16.9 Å². The van der Waals surface area contributed by atoms with Crippen molar-refractivity contribution >= 4 is 34.7 Å². The molecule has 1 fully saturated rings. The van der Waals surface area contributed by atoms with Crippen molar-refractivity contribution in [2.24, 2.45) is 5.41 Å². The zero-order valence-corrected chi connectivity index (χ0v) is 16.8. The first kappa shape index (κ1) is 17.6. The molecule has 1 aliphatic heterocycles. The molecule has 3 heterocycles. The minimum atomic E-state index is 0.394. The number of aromatic nitrogens is 3. The van der Waals surface area contributed by atoms with Crippen LogP contribution in [-0.4, -0.2) is 27.5 Å². The Balaban J connectivity index is 1.85. The summed E-state index contributed by atoms with van der Waals surface area (Å²) in [6, 6.07) is 5.68. The van der Waals surface area contributed by atoms with Gasteiger partial charge in [-0.1, -0.05) is 49.2 Å². The molecule has 0 atom stereocenters. The number of aryl methyl sites for hydroxylation is 1. The smallest absolute Gasteiger partial charge is 0.180 e. The number of anilines is 1. The maximum atomic E-state index is 6.48. The van der Waals surface area contributed by atoms with E-state index in [9.17, 15) is 0 Å². The standard InChI is InChI=1S/C20H22Cl2N4/c1-13-17(14-5-4-6-15(21)16(14)22)26-12-9-23-18(26)19(24-13)25-10-7-20(2,3)8-11-25/h4-6,9,12H,7-8,10-11H2,1-3H3. The topological polar surface area (TPSA) is 33.4 Å². The third kappa shape index (κ3) is 2.95. The molecule has 0 spiro atoms. The summed E-state index contributed by atoms with van der Waals surface area (Å²) in [5.74, 6) is 0.949. The van der Waals surface area contributed by atoms with Crippen molar-refractivity contribution in [1.29, 1.82) is 0 Å². The van der Waals surface area contributed by atoms with Crippen LogP contribution < -0.4 is 4.90 Å². The van der Waals surface area contributed by atoms with E-state index in [2.05, 4.69) is 28.1 Å². The fraction of sp³-hybridized carbons (Fsp3) is 0.400. The average Bonchev–Trinajstić information content (AvgIpc) is 3.07. The van der Waals surface area contributed by atoms with E-state index in [1.165, 1.54) is 0 Å². The second-order valence-electron chi connectivity index (χ2n) is 7.74. The van der Waals surface area contributed by atoms with Gasteiger partial charge in [0.05, 0.1) is 21.4 Å². The van der Waals surface area contributed by atoms with E-state index in [0.717, 1.165) is 54.3 Å². The number of fused-ring (bicyclic) bond motifs is 1. The monoisotopic (exact) mass is 388 g/mol. The highest BCUT2D eigenvalue weighted by molar-refractivity contribution is 6.43. The average molecular weight is 389 g/mol. The van der Waals surface area contributed by atoms with Crippen molar-refractivity contribution in [1.82, 2.24) is 14.4 Å². The molecule has 3 aromatic rings. The normalized spacial score (nSPS) is 17.0. The number of rotatable bonds is 2. The predicted octanol–water partition coefficient (Wildman–Crippen LogP) is 5.64. The molecule has 1 aromatic carbocycles. The first-order valence-corrected chi connectivity index (χ1v) is 9.66. The Morgan fingerprint density at radius 3 is 2.58 bits per heavy atom. The molecule has 4 nitrogen and oxygen atoms in total. The van der Waals surface area contributed by atoms with E-state index in [1.54, 1.807) is 6.07 Å². The molecular weight excluding hydrogens is 367 g/mol. The Morgan fingerprint density at radius 2 is 1.85 bits per heavy atom. The molecule has 4 rings (SSSR count). The molecule has 0 saturated carbocycles. The Labute approximate surface area is 163 Å². The SMILES string of the molecule is Cc1nc(N2CCC(C)(C)CC2)c2nccn2c1-c1cccc(Cl)c1Cl. The van der Waals surface area contributed by atoms with Crippen molar-refractivity contribution in [3.8, 4) is 11.3 Å². The van der Waals surface area contributed by atoms with Gasteiger partial charge in [0.15, 0.2) is 11.5 Å². The third-order valence-corrected chi connectivity index (χ3v) is 6.14. The van der Waals surface area contributed by atoms with Gasteiger partial charge in [0.1, 0.15) is 0 Å². The zero-order chi connectivity index (χ0) is 18.5. The Hall–Kier alpha value is -1.78. The van der Waals surface area contributed by atoms with E-state index in [1.807, 2.05) is 31.5 Å². The fourth-order valence-corrected chi connectivity index (χ4v) is 4.02. The lowest BCUT2D eigenvalue weighted by molar-refractivity contribution is 0.279. The van der Waals surface area contributed by atoms with Gasteiger partial charge < -0.3 is 4.90 Å². The highest BCUT2D eigenvalue weighted by atomic mass is 35.5. The molecule has 2 aromatic heterocycles. The van der Waals surface area contributed by atoms with Crippen LogP contribution >= 0.6 is 23.2 Å². The lowest BCUT2D eigenvalue weighted by Crippen LogP contribution is -2.38. The summed E-state index contributed by atoms with van der Waals surface area (Å²) >= 11 is 12.7. The summed E-state index contributed by atoms with van der Waals surface area (Å²) in [5, 5.41) is 1.08. The van der Waals surface area contributed by atoms with Crippen LogP contribution in [0, 0.1) is 12.3 Å². The molecule has 136 valence electrons. The molecule has 0 amide bonds. The number of halogens is 2. The van der Waals surface area contributed by atoms with Crippen molar-refractivity contribution < 1.29 is 0 Å². The van der Waals surface area contributed by atoms with E-state index < -0.39 is 0 Å². The van der Waals surface area contributed by atoms with E-state index in [4.69, 9.17) is 28.2 Å². The first-order chi connectivity index (χ1) is 12.4. The van der Waals surface area contributed by atoms with Crippen molar-refractivity contribution in [2.45, 2.75) is 33.6 Å². The molecular formula is C20H22Cl2N4. The molecule has 0 N–H and O–H groups in total. The highest BCUT2D eigenvalue weighted by Crippen LogP contribution is 2.38. The summed E-state index contributed by atoms with van der Waals surface area (Å²) in [6.07, 6.45) is 6.09. The molecule has 1 aliphatic rings. The van der Waals surface area contributed by atoms with Crippen LogP contribution in [0.4, 0.5) is 5.82 Å². The van der Waals surface area contributed by atoms with E-state index in [-0.39, 0.29) is 0 Å². The van der Waals surface area contributed by atoms with Gasteiger partial charge in [0.2, 0.25) is 0 Å². The molecule has 1 saturated heterocycles. The number of hydrogen-bond donors (Lipinski definition) is 0. The summed E-state index contributed by atoms with van der Waals surface area (Å²) in [4.78, 5) is 11.9. The minimum Gasteiger partial charge on any atom is -0.353 e. The van der Waals surface area contributed by atoms with Gasteiger partial charge in [-0.3, -0.25) is 4.40 Å². The van der Waals surface area contributed by atoms with Gasteiger partial charge in [-0.2, -0.15) is 0 Å². The first-order valence-electron chi connectivity index (χ1n) is 8.90. The Kier molecular flexibility index (Phi) is 4.36. The number of imidazole rings is 1. The third-order valence-electron chi connectivity index (χ3n) is 5.32. The lowest BCUT2D eigenvalue weighted by Gasteiger charge is -2.37. The largest absolute Gasteiger partial charge is 0.353 e. The van der Waals surface area contributed by atoms with Crippen molar-refractivity contribution in [2.75, 3.05) is 18.0 Å². The van der Waals surface area contributed by atoms with Gasteiger partial charge in [0.25, 0.3) is 0 Å². The van der Waals surface area contributed by atoms with Gasteiger partial charge >= 0.3 is 0 Å². The fourth-order valence-electron chi connectivity index (χ4n) is 3.63. The summed E-state index contributed by atoms with van der Waals surface area (Å²) in [7, 11) is 0. The maximum Gasteiger partial charge on any atom is 0.180 e. The minimum absolute atomic E-state index is 0.394. The van der Waals surface area contributed by atoms with E-state index in [0.29, 0.717) is 15.5 Å². The maximum absolute atomic E-state index is 6.48. The quantitative estimate of drug-likeness (QED) is 0.569. The van der Waals surface area contributed by atoms with Crippen molar-refractivity contribution in [3.63, 3.8) is 0 Å². The lowest BCUT2D eigenvalue weighted by atomic mass is 9.83. The van der Waals surface area contributed by atoms with Crippen LogP contribution in [0.3, 0.4) is 0 Å². The van der Waals surface area contributed by atoms with Gasteiger partial charge in [-0.25, -0.2) is 9.97 Å². The number of hydrogen-bond acceptors (Lipinski definition) is 3. The van der Waals surface area contributed by atoms with Crippen LogP contribution in [0.1, 0.15) is 32.4 Å². The Morgan fingerprint density at radius 1 is 1.12 bits per heavy atom. The molecule has 26 heavy (non-hydrogen) atoms. The predicted molar refractivity (Wildman–Crippen MR) is 108 cm³/mol. The molecule has 6 heteroatoms. The second-order valence-corrected chi connectivity index (χ2v) is 8.53. The molecule has 0 unspecified atom stereocenters. The van der Waals surface area contributed by atoms with Gasteiger partial charge in [-0.05, 0) is 31.2 Å². The Bertz CT molecular complexity index is 967. The summed E-state index contributed by atoms with van der Waals surface area (Å²) < 4.78 is 2.08. The van der Waals surface area contributed by atoms with Crippen molar-refractivity contribution in [3.05, 3.63) is 46.3 Å². The van der Waals surface area contributed by atoms with Gasteiger partial charge in [-0.15, -0.1) is 0 Å². The van der Waals surface area contributed by atoms with Crippen LogP contribution in [0.2, 0.25) is 10.0 Å². The van der Waals surface area contributed by atoms with Crippen LogP contribution in [0.15, 0.2) is 30.6 Å². The number of piperidine rings is 1. The van der Waals surface area contributed by atoms with Gasteiger partial charge in [0, 0.05) is 31.0 Å². The molecule has 0 aliphatic carbocycles. The number of benzene rings is 1. The highest BCUT2D eigenvalue weighted by Gasteiger charge is 2.28. The second kappa shape index (κ2) is 6.43. The van der Waals surface area contributed by atoms with Crippen LogP contribution in [0.5, 0.6) is 0 Å².